The number of nitrogens with one attached hydrogen (secondary N) is 2. The fourth-order valence-electron chi connectivity index (χ4n) is 1.86. The van der Waals surface area contributed by atoms with Crippen molar-refractivity contribution in [2.24, 2.45) is 0 Å². The average Bonchev–Trinajstić information content (AvgIpc) is 2.53. The number of ether oxygens (including phenoxy) is 1. The first-order valence-corrected chi connectivity index (χ1v) is 7.49. The Morgan fingerprint density at radius 2 is 1.68 bits per heavy atom. The predicted molar refractivity (Wildman–Crippen MR) is 92.4 cm³/mol. The molecule has 0 aliphatic heterocycles. The van der Waals surface area contributed by atoms with E-state index in [1.165, 1.54) is 7.11 Å². The van der Waals surface area contributed by atoms with Gasteiger partial charge in [-0.3, -0.25) is 0 Å². The minimum atomic E-state index is 0.120. The number of methoxy groups -OCH3 is 1. The number of phenols is 1. The molecule has 4 nitrogen and oxygen atoms in total. The van der Waals surface area contributed by atoms with Crippen molar-refractivity contribution in [1.82, 2.24) is 10.6 Å². The molecule has 2 aromatic rings. The second kappa shape index (κ2) is 7.87. The van der Waals surface area contributed by atoms with Crippen LogP contribution in [-0.4, -0.2) is 17.3 Å². The predicted octanol–water partition coefficient (Wildman–Crippen LogP) is 3.22. The van der Waals surface area contributed by atoms with Gasteiger partial charge in [-0.2, -0.15) is 0 Å². The Balaban J connectivity index is 1.81. The fraction of sp³-hybridized carbons (Fsp3) is 0.188. The summed E-state index contributed by atoms with van der Waals surface area (Å²) in [4.78, 5) is 0. The number of halogens is 1. The maximum Gasteiger partial charge on any atom is 0.166 e. The number of thiocarbonyl (C=S) groups is 1. The van der Waals surface area contributed by atoms with Gasteiger partial charge in [-0.1, -0.05) is 29.8 Å². The van der Waals surface area contributed by atoms with Crippen LogP contribution in [0.15, 0.2) is 42.5 Å². The first-order chi connectivity index (χ1) is 10.6. The highest BCUT2D eigenvalue weighted by atomic mass is 35.5. The lowest BCUT2D eigenvalue weighted by Crippen LogP contribution is -2.34. The monoisotopic (exact) mass is 336 g/mol. The van der Waals surface area contributed by atoms with Gasteiger partial charge in [0.05, 0.1) is 7.11 Å². The van der Waals surface area contributed by atoms with Crippen molar-refractivity contribution >= 4 is 28.9 Å². The second-order valence-electron chi connectivity index (χ2n) is 4.67. The quantitative estimate of drug-likeness (QED) is 0.732. The lowest BCUT2D eigenvalue weighted by atomic mass is 10.2. The third-order valence-corrected chi connectivity index (χ3v) is 3.60. The molecule has 22 heavy (non-hydrogen) atoms. The van der Waals surface area contributed by atoms with Crippen molar-refractivity contribution in [1.29, 1.82) is 0 Å². The molecule has 0 radical (unpaired) electrons. The Labute approximate surface area is 140 Å². The summed E-state index contributed by atoms with van der Waals surface area (Å²) >= 11 is 11.1. The molecule has 0 saturated carbocycles. The molecule has 6 heteroatoms. The van der Waals surface area contributed by atoms with Crippen LogP contribution in [0.25, 0.3) is 0 Å². The van der Waals surface area contributed by atoms with E-state index in [2.05, 4.69) is 10.6 Å². The first-order valence-electron chi connectivity index (χ1n) is 6.70. The van der Waals surface area contributed by atoms with Gasteiger partial charge in [-0.05, 0) is 47.6 Å². The Kier molecular flexibility index (Phi) is 5.86. The first kappa shape index (κ1) is 16.4. The molecule has 0 aliphatic carbocycles. The highest BCUT2D eigenvalue weighted by molar-refractivity contribution is 7.80. The molecule has 0 bridgehead atoms. The van der Waals surface area contributed by atoms with Gasteiger partial charge in [-0.25, -0.2) is 0 Å². The minimum absolute atomic E-state index is 0.120. The van der Waals surface area contributed by atoms with Gasteiger partial charge in [0.1, 0.15) is 0 Å². The summed E-state index contributed by atoms with van der Waals surface area (Å²) in [6.07, 6.45) is 0. The van der Waals surface area contributed by atoms with E-state index >= 15 is 0 Å². The molecule has 0 saturated heterocycles. The van der Waals surface area contributed by atoms with Gasteiger partial charge >= 0.3 is 0 Å². The second-order valence-corrected chi connectivity index (χ2v) is 5.51. The van der Waals surface area contributed by atoms with Crippen LogP contribution >= 0.6 is 23.8 Å². The van der Waals surface area contributed by atoms with Crippen LogP contribution in [0.1, 0.15) is 11.1 Å². The number of rotatable bonds is 5. The van der Waals surface area contributed by atoms with E-state index < -0.39 is 0 Å². The third-order valence-electron chi connectivity index (χ3n) is 3.06. The van der Waals surface area contributed by atoms with Gasteiger partial charge in [0, 0.05) is 18.1 Å². The van der Waals surface area contributed by atoms with Crippen molar-refractivity contribution in [3.05, 3.63) is 58.6 Å². The number of hydrogen-bond acceptors (Lipinski definition) is 3. The molecule has 0 fully saturated rings. The van der Waals surface area contributed by atoms with Crippen LogP contribution in [0.3, 0.4) is 0 Å². The van der Waals surface area contributed by atoms with Gasteiger partial charge in [-0.15, -0.1) is 0 Å². The van der Waals surface area contributed by atoms with E-state index in [0.29, 0.717) is 29.0 Å². The fourth-order valence-corrected chi connectivity index (χ4v) is 2.13. The van der Waals surface area contributed by atoms with Gasteiger partial charge in [0.25, 0.3) is 0 Å². The normalized spacial score (nSPS) is 10.1. The molecule has 2 rings (SSSR count). The minimum Gasteiger partial charge on any atom is -0.504 e. The van der Waals surface area contributed by atoms with Crippen LogP contribution in [-0.2, 0) is 13.1 Å². The van der Waals surface area contributed by atoms with E-state index in [0.717, 1.165) is 11.1 Å². The largest absolute Gasteiger partial charge is 0.504 e. The van der Waals surface area contributed by atoms with E-state index in [4.69, 9.17) is 28.6 Å². The van der Waals surface area contributed by atoms with E-state index in [1.807, 2.05) is 30.3 Å². The zero-order valence-corrected chi connectivity index (χ0v) is 13.7. The standard InChI is InChI=1S/C16H17ClN2O2S/c1-21-15-8-12(4-7-14(15)20)10-19-16(22)18-9-11-2-5-13(17)6-3-11/h2-8,20H,9-10H2,1H3,(H2,18,19,22). The van der Waals surface area contributed by atoms with Gasteiger partial charge in [0.2, 0.25) is 0 Å². The topological polar surface area (TPSA) is 53.5 Å². The van der Waals surface area contributed by atoms with E-state index in [1.54, 1.807) is 12.1 Å². The summed E-state index contributed by atoms with van der Waals surface area (Å²) in [5.74, 6) is 0.564. The van der Waals surface area contributed by atoms with E-state index in [-0.39, 0.29) is 5.75 Å². The molecule has 2 aromatic carbocycles. The Morgan fingerprint density at radius 3 is 2.32 bits per heavy atom. The summed E-state index contributed by atoms with van der Waals surface area (Å²) < 4.78 is 5.07. The maximum atomic E-state index is 9.55. The lowest BCUT2D eigenvalue weighted by Gasteiger charge is -2.12. The molecule has 0 spiro atoms. The van der Waals surface area contributed by atoms with Crippen LogP contribution in [0, 0.1) is 0 Å². The number of phenolic OH excluding ortho intramolecular Hbond substituents is 1. The summed E-state index contributed by atoms with van der Waals surface area (Å²) in [5.41, 5.74) is 2.06. The summed E-state index contributed by atoms with van der Waals surface area (Å²) in [6, 6.07) is 12.8. The molecule has 0 aliphatic rings. The van der Waals surface area contributed by atoms with Gasteiger partial charge < -0.3 is 20.5 Å². The molecular formula is C16H17ClN2O2S. The van der Waals surface area contributed by atoms with Crippen molar-refractivity contribution in [2.75, 3.05) is 7.11 Å². The van der Waals surface area contributed by atoms with Crippen LogP contribution in [0.2, 0.25) is 5.02 Å². The summed E-state index contributed by atoms with van der Waals surface area (Å²) in [6.45, 7) is 1.17. The van der Waals surface area contributed by atoms with Crippen LogP contribution in [0.4, 0.5) is 0 Å². The van der Waals surface area contributed by atoms with Crippen LogP contribution in [0.5, 0.6) is 11.5 Å². The molecule has 3 N–H and O–H groups in total. The smallest absolute Gasteiger partial charge is 0.166 e. The summed E-state index contributed by atoms with van der Waals surface area (Å²) in [7, 11) is 1.52. The van der Waals surface area contributed by atoms with Gasteiger partial charge in [0.15, 0.2) is 16.6 Å². The Bertz CT molecular complexity index is 647. The molecule has 0 heterocycles. The third kappa shape index (κ3) is 4.79. The zero-order chi connectivity index (χ0) is 15.9. The molecular weight excluding hydrogens is 320 g/mol. The molecule has 0 unspecified atom stereocenters. The SMILES string of the molecule is COc1cc(CNC(=S)NCc2ccc(Cl)cc2)ccc1O. The highest BCUT2D eigenvalue weighted by Gasteiger charge is 2.03. The summed E-state index contributed by atoms with van der Waals surface area (Å²) in [5, 5.41) is 17.1. The van der Waals surface area contributed by atoms with Crippen molar-refractivity contribution < 1.29 is 9.84 Å². The van der Waals surface area contributed by atoms with Crippen molar-refractivity contribution in [3.63, 3.8) is 0 Å². The van der Waals surface area contributed by atoms with Crippen molar-refractivity contribution in [2.45, 2.75) is 13.1 Å². The number of hydrogen-bond donors (Lipinski definition) is 3. The van der Waals surface area contributed by atoms with Crippen LogP contribution < -0.4 is 15.4 Å². The number of benzene rings is 2. The molecule has 0 amide bonds. The highest BCUT2D eigenvalue weighted by Crippen LogP contribution is 2.26. The zero-order valence-electron chi connectivity index (χ0n) is 12.1. The molecule has 116 valence electrons. The average molecular weight is 337 g/mol. The maximum absolute atomic E-state index is 9.55. The molecule has 0 atom stereocenters. The molecule has 0 aromatic heterocycles. The van der Waals surface area contributed by atoms with Crippen molar-refractivity contribution in [3.8, 4) is 11.5 Å². The Morgan fingerprint density at radius 1 is 1.09 bits per heavy atom. The lowest BCUT2D eigenvalue weighted by molar-refractivity contribution is 0.373. The van der Waals surface area contributed by atoms with E-state index in [9.17, 15) is 5.11 Å². The Hall–Kier alpha value is -1.98. The number of aromatic hydroxyl groups is 1.